The largest absolute Gasteiger partial charge is 0.469 e. The first-order valence-corrected chi connectivity index (χ1v) is 14.0. The van der Waals surface area contributed by atoms with E-state index in [1.807, 2.05) is 0 Å². The molecule has 0 unspecified atom stereocenters. The van der Waals surface area contributed by atoms with Crippen LogP contribution in [0.3, 0.4) is 0 Å². The molecule has 5 rings (SSSR count). The number of rotatable bonds is 13. The van der Waals surface area contributed by atoms with Crippen molar-refractivity contribution in [3.05, 3.63) is 41.5 Å². The molecule has 2 aliphatic rings. The van der Waals surface area contributed by atoms with Crippen molar-refractivity contribution < 1.29 is 45.2 Å². The Bertz CT molecular complexity index is 1420. The molecule has 2 aliphatic carbocycles. The smallest absolute Gasteiger partial charge is 0.272 e. The van der Waals surface area contributed by atoms with Gasteiger partial charge < -0.3 is 19.9 Å². The Kier molecular flexibility index (Phi) is 9.11. The molecule has 3 aromatic heterocycles. The van der Waals surface area contributed by atoms with Gasteiger partial charge in [-0.1, -0.05) is 0 Å². The molecule has 0 aliphatic heterocycles. The van der Waals surface area contributed by atoms with Gasteiger partial charge in [0, 0.05) is 25.7 Å². The van der Waals surface area contributed by atoms with Crippen LogP contribution < -0.4 is 15.4 Å². The molecule has 10 nitrogen and oxygen atoms in total. The SMILES string of the molecule is O=C(CCC(F)F)N[C@@H](c1cnn2cc([C@@H](NC(=O)c3conc3OCC(F)F)C3CCC(F)(F)CC3)nc2c1)C1CC1. The summed E-state index contributed by atoms with van der Waals surface area (Å²) in [6.07, 6.45) is -1.16. The van der Waals surface area contributed by atoms with Crippen molar-refractivity contribution in [1.82, 2.24) is 30.4 Å². The van der Waals surface area contributed by atoms with Crippen LogP contribution >= 0.6 is 0 Å². The molecule has 234 valence electrons. The molecule has 2 saturated carbocycles. The first-order valence-electron chi connectivity index (χ1n) is 14.0. The third-order valence-corrected chi connectivity index (χ3v) is 7.68. The first-order chi connectivity index (χ1) is 20.5. The van der Waals surface area contributed by atoms with Gasteiger partial charge in [-0.05, 0) is 54.3 Å². The lowest BCUT2D eigenvalue weighted by atomic mass is 9.81. The summed E-state index contributed by atoms with van der Waals surface area (Å²) < 4.78 is 89.5. The zero-order chi connectivity index (χ0) is 30.7. The molecule has 3 heterocycles. The van der Waals surface area contributed by atoms with E-state index >= 15 is 0 Å². The van der Waals surface area contributed by atoms with Gasteiger partial charge in [0.25, 0.3) is 18.2 Å². The molecule has 0 saturated heterocycles. The fraction of sp³-hybridized carbons (Fsp3) is 0.593. The number of fused-ring (bicyclic) bond motifs is 1. The van der Waals surface area contributed by atoms with Crippen LogP contribution in [0, 0.1) is 11.8 Å². The van der Waals surface area contributed by atoms with E-state index < -0.39 is 67.5 Å². The lowest BCUT2D eigenvalue weighted by Gasteiger charge is -2.33. The summed E-state index contributed by atoms with van der Waals surface area (Å²) in [7, 11) is 0. The van der Waals surface area contributed by atoms with Crippen molar-refractivity contribution in [3.8, 4) is 5.88 Å². The second-order valence-electron chi connectivity index (χ2n) is 10.9. The molecule has 2 fully saturated rings. The molecule has 16 heteroatoms. The standard InChI is InChI=1S/C27H30F6N6O4/c28-19(29)3-4-22(40)36-23(14-1-2-14)16-9-21-35-18(11-39(21)34-10-16)24(15-5-7-27(32,33)8-6-15)37-25(41)17-12-43-38-26(17)42-13-20(30)31/h9-12,14-15,19-20,23-24H,1-8,13H2,(H,36,40)(H,37,41)/t23-,24+/m1/s1. The zero-order valence-corrected chi connectivity index (χ0v) is 22.8. The van der Waals surface area contributed by atoms with Crippen LogP contribution in [0.2, 0.25) is 0 Å². The molecule has 2 N–H and O–H groups in total. The minimum absolute atomic E-state index is 0.0806. The fourth-order valence-electron chi connectivity index (χ4n) is 5.29. The van der Waals surface area contributed by atoms with Crippen LogP contribution in [0.1, 0.15) is 85.1 Å². The normalized spacial score (nSPS) is 18.6. The van der Waals surface area contributed by atoms with Gasteiger partial charge in [-0.15, -0.1) is 0 Å². The number of halogens is 6. The van der Waals surface area contributed by atoms with Crippen LogP contribution in [-0.4, -0.2) is 56.9 Å². The van der Waals surface area contributed by atoms with Crippen LogP contribution in [-0.2, 0) is 4.79 Å². The molecule has 43 heavy (non-hydrogen) atoms. The van der Waals surface area contributed by atoms with Crippen LogP contribution in [0.15, 0.2) is 29.2 Å². The highest BCUT2D eigenvalue weighted by molar-refractivity contribution is 5.96. The summed E-state index contributed by atoms with van der Waals surface area (Å²) in [4.78, 5) is 30.1. The van der Waals surface area contributed by atoms with E-state index in [1.165, 1.54) is 10.7 Å². The second kappa shape index (κ2) is 12.8. The molecule has 2 atom stereocenters. The zero-order valence-electron chi connectivity index (χ0n) is 22.8. The Morgan fingerprint density at radius 2 is 1.77 bits per heavy atom. The maximum atomic E-state index is 14.0. The number of carbonyl (C=O) groups is 2. The second-order valence-corrected chi connectivity index (χ2v) is 10.9. The summed E-state index contributed by atoms with van der Waals surface area (Å²) in [5.41, 5.74) is 1.06. The van der Waals surface area contributed by atoms with E-state index in [9.17, 15) is 35.9 Å². The summed E-state index contributed by atoms with van der Waals surface area (Å²) in [6, 6.07) is 0.385. The molecule has 0 aromatic carbocycles. The summed E-state index contributed by atoms with van der Waals surface area (Å²) in [5.74, 6) is -4.86. The maximum Gasteiger partial charge on any atom is 0.272 e. The quantitative estimate of drug-likeness (QED) is 0.251. The Morgan fingerprint density at radius 1 is 1.05 bits per heavy atom. The Hall–Kier alpha value is -3.85. The van der Waals surface area contributed by atoms with Crippen molar-refractivity contribution >= 4 is 17.5 Å². The van der Waals surface area contributed by atoms with Crippen molar-refractivity contribution in [1.29, 1.82) is 0 Å². The van der Waals surface area contributed by atoms with Crippen molar-refractivity contribution in [3.63, 3.8) is 0 Å². The molecular weight excluding hydrogens is 586 g/mol. The number of aromatic nitrogens is 4. The highest BCUT2D eigenvalue weighted by atomic mass is 19.3. The Labute approximate surface area is 241 Å². The number of alkyl halides is 6. The number of ether oxygens (including phenoxy) is 1. The predicted molar refractivity (Wildman–Crippen MR) is 137 cm³/mol. The predicted octanol–water partition coefficient (Wildman–Crippen LogP) is 5.27. The Balaban J connectivity index is 1.39. The topological polar surface area (TPSA) is 124 Å². The first kappa shape index (κ1) is 30.6. The average Bonchev–Trinajstić information content (AvgIpc) is 3.53. The number of hydrogen-bond donors (Lipinski definition) is 2. The van der Waals surface area contributed by atoms with E-state index in [2.05, 4.69) is 25.9 Å². The van der Waals surface area contributed by atoms with E-state index in [-0.39, 0.29) is 43.6 Å². The molecular formula is C27H30F6N6O4. The molecule has 0 spiro atoms. The maximum absolute atomic E-state index is 14.0. The number of amides is 2. The van der Waals surface area contributed by atoms with E-state index in [0.29, 0.717) is 16.9 Å². The highest BCUT2D eigenvalue weighted by Gasteiger charge is 2.40. The van der Waals surface area contributed by atoms with Crippen molar-refractivity contribution in [2.24, 2.45) is 11.8 Å². The van der Waals surface area contributed by atoms with E-state index in [0.717, 1.165) is 19.1 Å². The molecule has 3 aromatic rings. The lowest BCUT2D eigenvalue weighted by molar-refractivity contribution is -0.122. The van der Waals surface area contributed by atoms with Crippen molar-refractivity contribution in [2.45, 2.75) is 82.2 Å². The lowest BCUT2D eigenvalue weighted by Crippen LogP contribution is -2.37. The van der Waals surface area contributed by atoms with Gasteiger partial charge in [0.15, 0.2) is 12.3 Å². The minimum atomic E-state index is -2.83. The third-order valence-electron chi connectivity index (χ3n) is 7.68. The summed E-state index contributed by atoms with van der Waals surface area (Å²) >= 11 is 0. The Morgan fingerprint density at radius 3 is 2.44 bits per heavy atom. The molecule has 0 radical (unpaired) electrons. The molecule has 2 amide bonds. The van der Waals surface area contributed by atoms with Gasteiger partial charge in [0.1, 0.15) is 11.8 Å². The van der Waals surface area contributed by atoms with Gasteiger partial charge in [0.05, 0.1) is 30.2 Å². The number of hydrogen-bond acceptors (Lipinski definition) is 7. The van der Waals surface area contributed by atoms with Crippen LogP contribution in [0.4, 0.5) is 26.3 Å². The monoisotopic (exact) mass is 616 g/mol. The van der Waals surface area contributed by atoms with E-state index in [4.69, 9.17) is 9.26 Å². The molecule has 0 bridgehead atoms. The average molecular weight is 617 g/mol. The third kappa shape index (κ3) is 7.76. The highest BCUT2D eigenvalue weighted by Crippen LogP contribution is 2.43. The van der Waals surface area contributed by atoms with Gasteiger partial charge in [-0.2, -0.15) is 5.10 Å². The number of imidazole rings is 1. The van der Waals surface area contributed by atoms with E-state index in [1.54, 1.807) is 12.3 Å². The minimum Gasteiger partial charge on any atom is -0.469 e. The number of nitrogens with zero attached hydrogens (tertiary/aromatic N) is 4. The fourth-order valence-corrected chi connectivity index (χ4v) is 5.29. The van der Waals surface area contributed by atoms with Gasteiger partial charge in [0.2, 0.25) is 18.3 Å². The van der Waals surface area contributed by atoms with Crippen LogP contribution in [0.25, 0.3) is 5.65 Å². The van der Waals surface area contributed by atoms with Gasteiger partial charge >= 0.3 is 0 Å². The summed E-state index contributed by atoms with van der Waals surface area (Å²) in [6.45, 7) is -1.01. The summed E-state index contributed by atoms with van der Waals surface area (Å²) in [5, 5.41) is 13.4. The number of carbonyl (C=O) groups excluding carboxylic acids is 2. The van der Waals surface area contributed by atoms with Gasteiger partial charge in [-0.25, -0.2) is 35.8 Å². The van der Waals surface area contributed by atoms with Gasteiger partial charge in [-0.3, -0.25) is 9.59 Å². The number of nitrogens with one attached hydrogen (secondary N) is 2. The van der Waals surface area contributed by atoms with Crippen LogP contribution in [0.5, 0.6) is 5.88 Å². The van der Waals surface area contributed by atoms with Crippen molar-refractivity contribution in [2.75, 3.05) is 6.61 Å².